The molecule has 19 heavy (non-hydrogen) atoms. The Labute approximate surface area is 107 Å². The number of carbonyl (C=O) groups excluding carboxylic acids is 1. The molecule has 0 radical (unpaired) electrons. The van der Waals surface area contributed by atoms with Crippen LogP contribution >= 0.6 is 0 Å². The number of nitrogens with zero attached hydrogens (tertiary/aromatic N) is 1. The number of hydrogen-bond donors (Lipinski definition) is 3. The molecule has 0 aliphatic carbocycles. The molecule has 0 bridgehead atoms. The van der Waals surface area contributed by atoms with Crippen LogP contribution in [0.4, 0.5) is 5.69 Å². The first kappa shape index (κ1) is 14.6. The van der Waals surface area contributed by atoms with Crippen LogP contribution in [0.5, 0.6) is 0 Å². The SMILES string of the molecule is Cc1cc([N+](=O)[O-])ccc1C(=O)NC(CO)C(=O)O. The second-order valence-electron chi connectivity index (χ2n) is 3.80. The van der Waals surface area contributed by atoms with Crippen LogP contribution < -0.4 is 5.32 Å². The summed E-state index contributed by atoms with van der Waals surface area (Å²) in [5, 5.41) is 30.1. The highest BCUT2D eigenvalue weighted by atomic mass is 16.6. The number of rotatable bonds is 5. The van der Waals surface area contributed by atoms with Crippen LogP contribution in [0.25, 0.3) is 0 Å². The van der Waals surface area contributed by atoms with E-state index in [2.05, 4.69) is 5.32 Å². The van der Waals surface area contributed by atoms with E-state index >= 15 is 0 Å². The minimum Gasteiger partial charge on any atom is -0.480 e. The lowest BCUT2D eigenvalue weighted by Crippen LogP contribution is -2.43. The zero-order valence-corrected chi connectivity index (χ0v) is 9.99. The first-order valence-electron chi connectivity index (χ1n) is 5.26. The fourth-order valence-corrected chi connectivity index (χ4v) is 1.44. The van der Waals surface area contributed by atoms with Gasteiger partial charge in [-0.3, -0.25) is 14.9 Å². The number of carbonyl (C=O) groups is 2. The summed E-state index contributed by atoms with van der Waals surface area (Å²) < 4.78 is 0. The van der Waals surface area contributed by atoms with Crippen molar-refractivity contribution in [1.29, 1.82) is 0 Å². The molecule has 1 aromatic rings. The second-order valence-corrected chi connectivity index (χ2v) is 3.80. The zero-order chi connectivity index (χ0) is 14.6. The molecular weight excluding hydrogens is 256 g/mol. The van der Waals surface area contributed by atoms with Crippen molar-refractivity contribution < 1.29 is 24.7 Å². The zero-order valence-electron chi connectivity index (χ0n) is 9.99. The van der Waals surface area contributed by atoms with Gasteiger partial charge in [-0.1, -0.05) is 0 Å². The molecule has 0 saturated heterocycles. The molecule has 1 atom stereocenters. The van der Waals surface area contributed by atoms with E-state index in [1.165, 1.54) is 19.1 Å². The van der Waals surface area contributed by atoms with Crippen molar-refractivity contribution in [1.82, 2.24) is 5.32 Å². The van der Waals surface area contributed by atoms with E-state index in [0.29, 0.717) is 5.56 Å². The normalized spacial score (nSPS) is 11.7. The number of aliphatic carboxylic acids is 1. The molecule has 1 aromatic carbocycles. The van der Waals surface area contributed by atoms with Crippen LogP contribution in [0.3, 0.4) is 0 Å². The number of non-ortho nitro benzene ring substituents is 1. The minimum atomic E-state index is -1.41. The standard InChI is InChI=1S/C11H12N2O6/c1-6-4-7(13(18)19)2-3-8(6)10(15)12-9(5-14)11(16)17/h2-4,9,14H,5H2,1H3,(H,12,15)(H,16,17). The molecule has 1 rings (SSSR count). The number of carboxylic acids is 1. The summed E-state index contributed by atoms with van der Waals surface area (Å²) in [5.41, 5.74) is 0.296. The van der Waals surface area contributed by atoms with Gasteiger partial charge in [-0.15, -0.1) is 0 Å². The third-order valence-electron chi connectivity index (χ3n) is 2.45. The van der Waals surface area contributed by atoms with E-state index in [1.54, 1.807) is 0 Å². The minimum absolute atomic E-state index is 0.116. The number of aliphatic hydroxyl groups excluding tert-OH is 1. The Hall–Kier alpha value is -2.48. The van der Waals surface area contributed by atoms with Gasteiger partial charge in [-0.05, 0) is 18.6 Å². The highest BCUT2D eigenvalue weighted by molar-refractivity contribution is 5.98. The van der Waals surface area contributed by atoms with Crippen molar-refractivity contribution in [2.45, 2.75) is 13.0 Å². The van der Waals surface area contributed by atoms with Crippen molar-refractivity contribution in [2.24, 2.45) is 0 Å². The van der Waals surface area contributed by atoms with Crippen LogP contribution in [0.1, 0.15) is 15.9 Å². The maximum Gasteiger partial charge on any atom is 0.328 e. The number of aliphatic hydroxyl groups is 1. The maximum atomic E-state index is 11.8. The average Bonchev–Trinajstić information content (AvgIpc) is 2.34. The van der Waals surface area contributed by atoms with Gasteiger partial charge in [-0.25, -0.2) is 4.79 Å². The molecule has 3 N–H and O–H groups in total. The first-order valence-corrected chi connectivity index (χ1v) is 5.26. The van der Waals surface area contributed by atoms with Crippen LogP contribution in [-0.2, 0) is 4.79 Å². The Morgan fingerprint density at radius 3 is 2.53 bits per heavy atom. The second kappa shape index (κ2) is 5.91. The van der Waals surface area contributed by atoms with E-state index < -0.39 is 29.4 Å². The first-order chi connectivity index (χ1) is 8.86. The topological polar surface area (TPSA) is 130 Å². The van der Waals surface area contributed by atoms with Crippen LogP contribution in [0.2, 0.25) is 0 Å². The fourth-order valence-electron chi connectivity index (χ4n) is 1.44. The van der Waals surface area contributed by atoms with E-state index in [9.17, 15) is 19.7 Å². The van der Waals surface area contributed by atoms with Crippen molar-refractivity contribution in [3.8, 4) is 0 Å². The van der Waals surface area contributed by atoms with Crippen LogP contribution in [0, 0.1) is 17.0 Å². The van der Waals surface area contributed by atoms with Crippen LogP contribution in [0.15, 0.2) is 18.2 Å². The van der Waals surface area contributed by atoms with Crippen molar-refractivity contribution in [3.63, 3.8) is 0 Å². The van der Waals surface area contributed by atoms with Gasteiger partial charge >= 0.3 is 5.97 Å². The summed E-state index contributed by atoms with van der Waals surface area (Å²) in [5.74, 6) is -2.08. The molecule has 0 fully saturated rings. The average molecular weight is 268 g/mol. The quantitative estimate of drug-likeness (QED) is 0.512. The van der Waals surface area contributed by atoms with E-state index in [1.807, 2.05) is 0 Å². The highest BCUT2D eigenvalue weighted by Crippen LogP contribution is 2.17. The summed E-state index contributed by atoms with van der Waals surface area (Å²) in [4.78, 5) is 32.4. The molecule has 0 aromatic heterocycles. The number of nitrogens with one attached hydrogen (secondary N) is 1. The predicted molar refractivity (Wildman–Crippen MR) is 63.8 cm³/mol. The Morgan fingerprint density at radius 2 is 2.11 bits per heavy atom. The summed E-state index contributed by atoms with van der Waals surface area (Å²) in [6.45, 7) is 0.754. The highest BCUT2D eigenvalue weighted by Gasteiger charge is 2.21. The van der Waals surface area contributed by atoms with Gasteiger partial charge in [0.15, 0.2) is 6.04 Å². The van der Waals surface area contributed by atoms with Gasteiger partial charge in [0, 0.05) is 17.7 Å². The lowest BCUT2D eigenvalue weighted by Gasteiger charge is -2.12. The van der Waals surface area contributed by atoms with Gasteiger partial charge in [-0.2, -0.15) is 0 Å². The molecule has 1 unspecified atom stereocenters. The summed E-state index contributed by atoms with van der Waals surface area (Å²) in [6, 6.07) is 2.18. The fraction of sp³-hybridized carbons (Fsp3) is 0.273. The lowest BCUT2D eigenvalue weighted by molar-refractivity contribution is -0.384. The maximum absolute atomic E-state index is 11.8. The smallest absolute Gasteiger partial charge is 0.328 e. The number of nitro groups is 1. The number of aryl methyl sites for hydroxylation is 1. The summed E-state index contributed by atoms with van der Waals surface area (Å²) in [7, 11) is 0. The molecule has 0 aliphatic rings. The Morgan fingerprint density at radius 1 is 1.47 bits per heavy atom. The third kappa shape index (κ3) is 3.49. The monoisotopic (exact) mass is 268 g/mol. The molecule has 8 heteroatoms. The molecule has 1 amide bonds. The molecule has 0 saturated carbocycles. The van der Waals surface area contributed by atoms with Crippen LogP contribution in [-0.4, -0.2) is 39.7 Å². The number of carboxylic acid groups (broad SMARTS) is 1. The van der Waals surface area contributed by atoms with Gasteiger partial charge < -0.3 is 15.5 Å². The van der Waals surface area contributed by atoms with Gasteiger partial charge in [0.2, 0.25) is 0 Å². The molecule has 102 valence electrons. The molecule has 0 spiro atoms. The third-order valence-corrected chi connectivity index (χ3v) is 2.45. The van der Waals surface area contributed by atoms with Gasteiger partial charge in [0.1, 0.15) is 0 Å². The number of benzene rings is 1. The Balaban J connectivity index is 2.94. The summed E-state index contributed by atoms with van der Waals surface area (Å²) in [6.07, 6.45) is 0. The van der Waals surface area contributed by atoms with Gasteiger partial charge in [0.25, 0.3) is 11.6 Å². The number of amides is 1. The molecule has 0 aliphatic heterocycles. The predicted octanol–water partition coefficient (Wildman–Crippen LogP) is 0.0785. The van der Waals surface area contributed by atoms with Gasteiger partial charge in [0.05, 0.1) is 11.5 Å². The Kier molecular flexibility index (Phi) is 4.54. The molecule has 0 heterocycles. The Bertz CT molecular complexity index is 528. The number of hydrogen-bond acceptors (Lipinski definition) is 5. The van der Waals surface area contributed by atoms with E-state index in [-0.39, 0.29) is 11.3 Å². The molecular formula is C11H12N2O6. The molecule has 8 nitrogen and oxygen atoms in total. The van der Waals surface area contributed by atoms with Crippen molar-refractivity contribution in [2.75, 3.05) is 6.61 Å². The lowest BCUT2D eigenvalue weighted by atomic mass is 10.1. The van der Waals surface area contributed by atoms with E-state index in [0.717, 1.165) is 6.07 Å². The summed E-state index contributed by atoms with van der Waals surface area (Å²) >= 11 is 0. The van der Waals surface area contributed by atoms with Crippen molar-refractivity contribution in [3.05, 3.63) is 39.4 Å². The number of nitro benzene ring substituents is 1. The van der Waals surface area contributed by atoms with Crippen molar-refractivity contribution >= 4 is 17.6 Å². The largest absolute Gasteiger partial charge is 0.480 e. The van der Waals surface area contributed by atoms with E-state index in [4.69, 9.17) is 10.2 Å².